The van der Waals surface area contributed by atoms with Gasteiger partial charge in [-0.2, -0.15) is 0 Å². The Morgan fingerprint density at radius 1 is 1.75 bits per heavy atom. The molecule has 0 spiro atoms. The van der Waals surface area contributed by atoms with Crippen molar-refractivity contribution in [3.05, 3.63) is 0 Å². The van der Waals surface area contributed by atoms with Crippen LogP contribution >= 0.6 is 9.47 Å². The quantitative estimate of drug-likeness (QED) is 0.485. The Morgan fingerprint density at radius 3 is 2.75 bits per heavy atom. The second-order valence-electron chi connectivity index (χ2n) is 0.862. The minimum absolute atomic E-state index is 0.382. The van der Waals surface area contributed by atoms with Crippen LogP contribution < -0.4 is 0 Å². The first-order chi connectivity index (χ1) is 3.81. The average Bonchev–Trinajstić information content (AvgIpc) is 1.83. The number of hydrogen-bond donors (Lipinski definition) is 0. The van der Waals surface area contributed by atoms with Gasteiger partial charge in [-0.15, -0.1) is 0 Å². The molecule has 0 amide bonds. The molecule has 1 atom stereocenters. The molecule has 1 unspecified atom stereocenters. The standard InChI is InChI=1S/C3H4O4P/c4-2-6-1-3(5)7-8/h1,8H2. The molecule has 45 valence electrons. The Kier molecular flexibility index (Phi) is 4.17. The first-order valence-electron chi connectivity index (χ1n) is 1.69. The van der Waals surface area contributed by atoms with Gasteiger partial charge in [0.25, 0.3) is 0 Å². The summed E-state index contributed by atoms with van der Waals surface area (Å²) in [5, 5.41) is 0. The molecule has 0 aromatic carbocycles. The summed E-state index contributed by atoms with van der Waals surface area (Å²) < 4.78 is 7.92. The molecular formula is C3H4O4P. The molecule has 5 heteroatoms. The molecule has 0 aromatic heterocycles. The lowest BCUT2D eigenvalue weighted by atomic mass is 10.8. The number of hydrogen-bond acceptors (Lipinski definition) is 4. The van der Waals surface area contributed by atoms with Gasteiger partial charge >= 0.3 is 12.4 Å². The van der Waals surface area contributed by atoms with Gasteiger partial charge in [0.2, 0.25) is 0 Å². The van der Waals surface area contributed by atoms with Gasteiger partial charge in [0.05, 0.1) is 9.47 Å². The lowest BCUT2D eigenvalue weighted by Crippen LogP contribution is -2.06. The van der Waals surface area contributed by atoms with Crippen LogP contribution in [0.15, 0.2) is 0 Å². The van der Waals surface area contributed by atoms with E-state index in [1.807, 2.05) is 0 Å². The Labute approximate surface area is 48.4 Å². The summed E-state index contributed by atoms with van der Waals surface area (Å²) >= 11 is 0. The van der Waals surface area contributed by atoms with Crippen molar-refractivity contribution in [2.75, 3.05) is 6.61 Å². The summed E-state index contributed by atoms with van der Waals surface area (Å²) in [6.45, 7) is 0.691. The topological polar surface area (TPSA) is 52.6 Å². The highest BCUT2D eigenvalue weighted by atomic mass is 31.0. The summed E-state index contributed by atoms with van der Waals surface area (Å²) in [5.41, 5.74) is 0. The van der Waals surface area contributed by atoms with Crippen molar-refractivity contribution in [3.8, 4) is 0 Å². The monoisotopic (exact) mass is 135 g/mol. The number of rotatable bonds is 3. The fourth-order valence-corrected chi connectivity index (χ4v) is 0.190. The smallest absolute Gasteiger partial charge is 0.418 e. The van der Waals surface area contributed by atoms with E-state index in [-0.39, 0.29) is 6.61 Å². The van der Waals surface area contributed by atoms with E-state index in [1.54, 1.807) is 9.47 Å². The number of ether oxygens (including phenoxy) is 1. The maximum atomic E-state index is 10.0. The zero-order chi connectivity index (χ0) is 6.41. The molecule has 0 N–H and O–H groups in total. The highest BCUT2D eigenvalue weighted by molar-refractivity contribution is 7.10. The van der Waals surface area contributed by atoms with Crippen molar-refractivity contribution < 1.29 is 18.8 Å². The molecule has 0 aromatic rings. The summed E-state index contributed by atoms with van der Waals surface area (Å²) in [5.74, 6) is -0.627. The molecular weight excluding hydrogens is 131 g/mol. The molecule has 0 aliphatic rings. The SMILES string of the molecule is O=[C]OCC(=O)OP. The van der Waals surface area contributed by atoms with Crippen molar-refractivity contribution >= 4 is 21.9 Å². The predicted octanol–water partition coefficient (Wildman–Crippen LogP) is -0.597. The zero-order valence-corrected chi connectivity index (χ0v) is 5.07. The second-order valence-corrected chi connectivity index (χ2v) is 1.10. The van der Waals surface area contributed by atoms with E-state index >= 15 is 0 Å². The Balaban J connectivity index is 3.11. The normalized spacial score (nSPS) is 7.62. The van der Waals surface area contributed by atoms with E-state index in [4.69, 9.17) is 0 Å². The van der Waals surface area contributed by atoms with Gasteiger partial charge in [-0.05, 0) is 0 Å². The highest BCUT2D eigenvalue weighted by Crippen LogP contribution is 1.85. The van der Waals surface area contributed by atoms with Crippen LogP contribution in [0.4, 0.5) is 0 Å². The molecule has 0 bridgehead atoms. The molecule has 0 heterocycles. The summed E-state index contributed by atoms with van der Waals surface area (Å²) in [4.78, 5) is 19.3. The van der Waals surface area contributed by atoms with Crippen LogP contribution in [0, 0.1) is 0 Å². The molecule has 0 rings (SSSR count). The predicted molar refractivity (Wildman–Crippen MR) is 27.4 cm³/mol. The molecule has 4 nitrogen and oxygen atoms in total. The van der Waals surface area contributed by atoms with Gasteiger partial charge < -0.3 is 9.26 Å². The Hall–Kier alpha value is -0.630. The third kappa shape index (κ3) is 3.56. The minimum Gasteiger partial charge on any atom is -0.449 e. The van der Waals surface area contributed by atoms with Crippen LogP contribution in [0.2, 0.25) is 0 Å². The number of carbonyl (C=O) groups excluding carboxylic acids is 2. The van der Waals surface area contributed by atoms with E-state index < -0.39 is 5.97 Å². The van der Waals surface area contributed by atoms with Gasteiger partial charge in [0, 0.05) is 0 Å². The minimum atomic E-state index is -0.627. The van der Waals surface area contributed by atoms with Gasteiger partial charge in [-0.3, -0.25) is 0 Å². The van der Waals surface area contributed by atoms with Gasteiger partial charge in [0.1, 0.15) is 0 Å². The first-order valence-corrected chi connectivity index (χ1v) is 2.17. The largest absolute Gasteiger partial charge is 0.449 e. The maximum Gasteiger partial charge on any atom is 0.418 e. The van der Waals surface area contributed by atoms with Crippen LogP contribution in [0.5, 0.6) is 0 Å². The van der Waals surface area contributed by atoms with E-state index in [0.29, 0.717) is 0 Å². The number of carbonyl (C=O) groups is 1. The molecule has 0 saturated carbocycles. The van der Waals surface area contributed by atoms with E-state index in [0.717, 1.165) is 6.47 Å². The second kappa shape index (κ2) is 4.53. The molecule has 8 heavy (non-hydrogen) atoms. The molecule has 1 radical (unpaired) electrons. The van der Waals surface area contributed by atoms with E-state index in [1.165, 1.54) is 0 Å². The van der Waals surface area contributed by atoms with Gasteiger partial charge in [-0.25, -0.2) is 9.59 Å². The van der Waals surface area contributed by atoms with Crippen molar-refractivity contribution in [1.29, 1.82) is 0 Å². The summed E-state index contributed by atoms with van der Waals surface area (Å²) in [6, 6.07) is 0. The van der Waals surface area contributed by atoms with Crippen molar-refractivity contribution in [3.63, 3.8) is 0 Å². The van der Waals surface area contributed by atoms with Gasteiger partial charge in [-0.1, -0.05) is 0 Å². The first kappa shape index (κ1) is 7.37. The van der Waals surface area contributed by atoms with Crippen molar-refractivity contribution in [2.24, 2.45) is 0 Å². The Bertz CT molecular complexity index is 91.3. The summed E-state index contributed by atoms with van der Waals surface area (Å²) in [6.07, 6.45) is 0. The third-order valence-electron chi connectivity index (χ3n) is 0.380. The fourth-order valence-electron chi connectivity index (χ4n) is 0.122. The molecule has 0 aliphatic carbocycles. The fraction of sp³-hybridized carbons (Fsp3) is 0.333. The van der Waals surface area contributed by atoms with Crippen molar-refractivity contribution in [1.82, 2.24) is 0 Å². The maximum absolute atomic E-state index is 10.0. The zero-order valence-electron chi connectivity index (χ0n) is 3.92. The van der Waals surface area contributed by atoms with Crippen LogP contribution in [-0.2, 0) is 18.8 Å². The van der Waals surface area contributed by atoms with E-state index in [9.17, 15) is 9.59 Å². The molecule has 0 fully saturated rings. The summed E-state index contributed by atoms with van der Waals surface area (Å²) in [7, 11) is 1.73. The van der Waals surface area contributed by atoms with Crippen LogP contribution in [0.3, 0.4) is 0 Å². The highest BCUT2D eigenvalue weighted by Gasteiger charge is 1.96. The van der Waals surface area contributed by atoms with Crippen LogP contribution in [0.1, 0.15) is 0 Å². The van der Waals surface area contributed by atoms with E-state index in [2.05, 4.69) is 9.26 Å². The third-order valence-corrected chi connectivity index (χ3v) is 0.643. The lowest BCUT2D eigenvalue weighted by molar-refractivity contribution is -0.135. The van der Waals surface area contributed by atoms with Gasteiger partial charge in [0.15, 0.2) is 6.61 Å². The molecule has 0 aliphatic heterocycles. The Morgan fingerprint density at radius 2 is 2.38 bits per heavy atom. The van der Waals surface area contributed by atoms with Crippen LogP contribution in [0.25, 0.3) is 0 Å². The molecule has 0 saturated heterocycles. The lowest BCUT2D eigenvalue weighted by Gasteiger charge is -1.92. The van der Waals surface area contributed by atoms with Crippen LogP contribution in [-0.4, -0.2) is 19.0 Å². The average molecular weight is 135 g/mol. The van der Waals surface area contributed by atoms with Crippen molar-refractivity contribution in [2.45, 2.75) is 0 Å².